The number of carboxylic acid groups (broad SMARTS) is 1. The summed E-state index contributed by atoms with van der Waals surface area (Å²) >= 11 is 0. The van der Waals surface area contributed by atoms with E-state index in [2.05, 4.69) is 0 Å². The van der Waals surface area contributed by atoms with Gasteiger partial charge in [-0.3, -0.25) is 9.59 Å². The Balaban J connectivity index is 3.17. The molecule has 0 saturated heterocycles. The van der Waals surface area contributed by atoms with Crippen molar-refractivity contribution in [2.45, 2.75) is 6.92 Å². The summed E-state index contributed by atoms with van der Waals surface area (Å²) in [6, 6.07) is 2.22. The van der Waals surface area contributed by atoms with Crippen molar-refractivity contribution in [2.75, 3.05) is 27.3 Å². The third-order valence-electron chi connectivity index (χ3n) is 2.70. The maximum atomic E-state index is 13.9. The normalized spacial score (nSPS) is 10.0. The quantitative estimate of drug-likeness (QED) is 0.854. The second-order valence-electron chi connectivity index (χ2n) is 3.90. The SMILES string of the molecule is CCN(CC(=O)O)C(=O)c1cc(OC)c(OC)cc1F. The molecule has 0 aliphatic rings. The van der Waals surface area contributed by atoms with E-state index in [1.165, 1.54) is 20.3 Å². The molecule has 0 saturated carbocycles. The number of hydrogen-bond donors (Lipinski definition) is 1. The highest BCUT2D eigenvalue weighted by molar-refractivity contribution is 5.96. The van der Waals surface area contributed by atoms with Crippen LogP contribution in [-0.4, -0.2) is 49.2 Å². The van der Waals surface area contributed by atoms with Gasteiger partial charge in [0.15, 0.2) is 11.5 Å². The van der Waals surface area contributed by atoms with Crippen molar-refractivity contribution in [3.63, 3.8) is 0 Å². The molecular formula is C13H16FNO5. The lowest BCUT2D eigenvalue weighted by Crippen LogP contribution is -2.35. The van der Waals surface area contributed by atoms with E-state index < -0.39 is 24.2 Å². The molecule has 0 bridgehead atoms. The Morgan fingerprint density at radius 3 is 2.25 bits per heavy atom. The number of carboxylic acids is 1. The maximum Gasteiger partial charge on any atom is 0.323 e. The first kappa shape index (κ1) is 15.7. The Labute approximate surface area is 115 Å². The van der Waals surface area contributed by atoms with Crippen LogP contribution in [0.2, 0.25) is 0 Å². The van der Waals surface area contributed by atoms with Crippen LogP contribution < -0.4 is 9.47 Å². The van der Waals surface area contributed by atoms with Gasteiger partial charge in [0.1, 0.15) is 12.4 Å². The van der Waals surface area contributed by atoms with Crippen LogP contribution in [0.4, 0.5) is 4.39 Å². The molecule has 7 heteroatoms. The summed E-state index contributed by atoms with van der Waals surface area (Å²) in [5.41, 5.74) is -0.259. The van der Waals surface area contributed by atoms with Crippen LogP contribution in [0, 0.1) is 5.82 Å². The van der Waals surface area contributed by atoms with Crippen molar-refractivity contribution in [1.29, 1.82) is 0 Å². The van der Waals surface area contributed by atoms with E-state index in [1.807, 2.05) is 0 Å². The standard InChI is InChI=1S/C13H16FNO5/c1-4-15(7-12(16)17)13(18)8-5-10(19-2)11(20-3)6-9(8)14/h5-6H,4,7H2,1-3H3,(H,16,17). The molecule has 20 heavy (non-hydrogen) atoms. The average Bonchev–Trinajstić information content (AvgIpc) is 2.43. The number of nitrogens with zero attached hydrogens (tertiary/aromatic N) is 1. The summed E-state index contributed by atoms with van der Waals surface area (Å²) in [6.45, 7) is 1.27. The molecular weight excluding hydrogens is 269 g/mol. The van der Waals surface area contributed by atoms with Gasteiger partial charge in [-0.1, -0.05) is 0 Å². The fourth-order valence-electron chi connectivity index (χ4n) is 1.68. The summed E-state index contributed by atoms with van der Waals surface area (Å²) < 4.78 is 23.8. The van der Waals surface area contributed by atoms with Crippen molar-refractivity contribution < 1.29 is 28.6 Å². The fourth-order valence-corrected chi connectivity index (χ4v) is 1.68. The van der Waals surface area contributed by atoms with Crippen LogP contribution >= 0.6 is 0 Å². The smallest absolute Gasteiger partial charge is 0.323 e. The Kier molecular flexibility index (Phi) is 5.31. The molecule has 0 aromatic heterocycles. The molecule has 110 valence electrons. The maximum absolute atomic E-state index is 13.9. The van der Waals surface area contributed by atoms with Gasteiger partial charge in [0.2, 0.25) is 0 Å². The summed E-state index contributed by atoms with van der Waals surface area (Å²) in [5.74, 6) is -2.32. The van der Waals surface area contributed by atoms with E-state index in [4.69, 9.17) is 14.6 Å². The van der Waals surface area contributed by atoms with E-state index in [0.717, 1.165) is 11.0 Å². The molecule has 0 aliphatic carbocycles. The number of ether oxygens (including phenoxy) is 2. The van der Waals surface area contributed by atoms with Gasteiger partial charge in [-0.05, 0) is 13.0 Å². The molecule has 1 amide bonds. The van der Waals surface area contributed by atoms with Crippen molar-refractivity contribution in [2.24, 2.45) is 0 Å². The molecule has 0 aliphatic heterocycles. The number of halogens is 1. The van der Waals surface area contributed by atoms with Crippen LogP contribution in [0.15, 0.2) is 12.1 Å². The lowest BCUT2D eigenvalue weighted by molar-refractivity contribution is -0.137. The van der Waals surface area contributed by atoms with Gasteiger partial charge in [-0.25, -0.2) is 4.39 Å². The van der Waals surface area contributed by atoms with E-state index >= 15 is 0 Å². The van der Waals surface area contributed by atoms with Crippen LogP contribution in [0.1, 0.15) is 17.3 Å². The highest BCUT2D eigenvalue weighted by atomic mass is 19.1. The molecule has 1 aromatic rings. The van der Waals surface area contributed by atoms with Gasteiger partial charge in [0.05, 0.1) is 19.8 Å². The predicted molar refractivity (Wildman–Crippen MR) is 68.7 cm³/mol. The molecule has 6 nitrogen and oxygen atoms in total. The molecule has 1 N–H and O–H groups in total. The first-order chi connectivity index (χ1) is 9.44. The minimum absolute atomic E-state index is 0.152. The fraction of sp³-hybridized carbons (Fsp3) is 0.385. The van der Waals surface area contributed by atoms with Gasteiger partial charge in [-0.2, -0.15) is 0 Å². The van der Waals surface area contributed by atoms with E-state index in [-0.39, 0.29) is 23.6 Å². The third kappa shape index (κ3) is 3.37. The van der Waals surface area contributed by atoms with Crippen molar-refractivity contribution in [1.82, 2.24) is 4.90 Å². The molecule has 1 rings (SSSR count). The van der Waals surface area contributed by atoms with Gasteiger partial charge in [0.25, 0.3) is 5.91 Å². The number of likely N-dealkylation sites (N-methyl/N-ethyl adjacent to an activating group) is 1. The molecule has 0 radical (unpaired) electrons. The molecule has 0 spiro atoms. The Bertz CT molecular complexity index is 518. The molecule has 0 atom stereocenters. The summed E-state index contributed by atoms with van der Waals surface area (Å²) in [7, 11) is 2.71. The van der Waals surface area contributed by atoms with Crippen LogP contribution in [0.5, 0.6) is 11.5 Å². The minimum Gasteiger partial charge on any atom is -0.493 e. The monoisotopic (exact) mass is 285 g/mol. The summed E-state index contributed by atoms with van der Waals surface area (Å²) in [5, 5.41) is 8.73. The Morgan fingerprint density at radius 1 is 1.25 bits per heavy atom. The van der Waals surface area contributed by atoms with Crippen molar-refractivity contribution >= 4 is 11.9 Å². The highest BCUT2D eigenvalue weighted by Crippen LogP contribution is 2.30. The zero-order chi connectivity index (χ0) is 15.3. The topological polar surface area (TPSA) is 76.1 Å². The second kappa shape index (κ2) is 6.74. The lowest BCUT2D eigenvalue weighted by Gasteiger charge is -2.19. The van der Waals surface area contributed by atoms with Gasteiger partial charge >= 0.3 is 5.97 Å². The minimum atomic E-state index is -1.17. The zero-order valence-corrected chi connectivity index (χ0v) is 11.5. The van der Waals surface area contributed by atoms with Gasteiger partial charge in [-0.15, -0.1) is 0 Å². The predicted octanol–water partition coefficient (Wildman–Crippen LogP) is 1.39. The number of hydrogen-bond acceptors (Lipinski definition) is 4. The molecule has 1 aromatic carbocycles. The highest BCUT2D eigenvalue weighted by Gasteiger charge is 2.22. The first-order valence-corrected chi connectivity index (χ1v) is 5.87. The molecule has 0 heterocycles. The van der Waals surface area contributed by atoms with Gasteiger partial charge < -0.3 is 19.5 Å². The van der Waals surface area contributed by atoms with Crippen LogP contribution in [0.3, 0.4) is 0 Å². The van der Waals surface area contributed by atoms with Gasteiger partial charge in [0, 0.05) is 12.6 Å². The van der Waals surface area contributed by atoms with E-state index in [1.54, 1.807) is 6.92 Å². The molecule has 0 fully saturated rings. The van der Waals surface area contributed by atoms with E-state index in [0.29, 0.717) is 0 Å². The number of carbonyl (C=O) groups is 2. The Hall–Kier alpha value is -2.31. The summed E-state index contributed by atoms with van der Waals surface area (Å²) in [6.07, 6.45) is 0. The number of benzene rings is 1. The zero-order valence-electron chi connectivity index (χ0n) is 11.5. The number of carbonyl (C=O) groups excluding carboxylic acids is 1. The first-order valence-electron chi connectivity index (χ1n) is 5.87. The summed E-state index contributed by atoms with van der Waals surface area (Å²) in [4.78, 5) is 23.8. The van der Waals surface area contributed by atoms with E-state index in [9.17, 15) is 14.0 Å². The van der Waals surface area contributed by atoms with Crippen molar-refractivity contribution in [3.8, 4) is 11.5 Å². The van der Waals surface area contributed by atoms with Crippen LogP contribution in [-0.2, 0) is 4.79 Å². The number of amides is 1. The third-order valence-corrected chi connectivity index (χ3v) is 2.70. The average molecular weight is 285 g/mol. The second-order valence-corrected chi connectivity index (χ2v) is 3.90. The Morgan fingerprint density at radius 2 is 1.80 bits per heavy atom. The molecule has 0 unspecified atom stereocenters. The largest absolute Gasteiger partial charge is 0.493 e. The number of rotatable bonds is 6. The van der Waals surface area contributed by atoms with Crippen LogP contribution in [0.25, 0.3) is 0 Å². The number of methoxy groups -OCH3 is 2. The van der Waals surface area contributed by atoms with Crippen molar-refractivity contribution in [3.05, 3.63) is 23.5 Å². The lowest BCUT2D eigenvalue weighted by atomic mass is 10.1. The number of aliphatic carboxylic acids is 1.